The monoisotopic (exact) mass is 303 g/mol. The van der Waals surface area contributed by atoms with Crippen molar-refractivity contribution in [2.45, 2.75) is 26.4 Å². The molecule has 0 saturated carbocycles. The molecule has 0 atom stereocenters. The minimum absolute atomic E-state index is 0.220. The number of benzene rings is 1. The topological polar surface area (TPSA) is 54.0 Å². The maximum atomic E-state index is 12.1. The van der Waals surface area contributed by atoms with Crippen molar-refractivity contribution >= 4 is 23.3 Å². The number of pyridine rings is 1. The number of aromatic nitrogens is 1. The van der Waals surface area contributed by atoms with Crippen molar-refractivity contribution in [3.63, 3.8) is 0 Å². The van der Waals surface area contributed by atoms with Crippen LogP contribution in [-0.2, 0) is 6.54 Å². The van der Waals surface area contributed by atoms with Gasteiger partial charge in [0.25, 0.3) is 5.91 Å². The summed E-state index contributed by atoms with van der Waals surface area (Å²) in [5.74, 6) is 0.470. The normalized spacial score (nSPS) is 10.5. The van der Waals surface area contributed by atoms with Gasteiger partial charge >= 0.3 is 0 Å². The number of rotatable bonds is 5. The van der Waals surface area contributed by atoms with Crippen LogP contribution < -0.4 is 10.6 Å². The fraction of sp³-hybridized carbons (Fsp3) is 0.250. The Balaban J connectivity index is 2.02. The van der Waals surface area contributed by atoms with Gasteiger partial charge in [0, 0.05) is 17.6 Å². The van der Waals surface area contributed by atoms with Crippen LogP contribution in [0, 0.1) is 0 Å². The van der Waals surface area contributed by atoms with E-state index in [4.69, 9.17) is 11.6 Å². The number of nitrogens with one attached hydrogen (secondary N) is 2. The van der Waals surface area contributed by atoms with Crippen LogP contribution in [0.3, 0.4) is 0 Å². The van der Waals surface area contributed by atoms with Crippen LogP contribution >= 0.6 is 11.6 Å². The van der Waals surface area contributed by atoms with E-state index in [2.05, 4.69) is 15.6 Å². The van der Waals surface area contributed by atoms with Crippen molar-refractivity contribution in [1.82, 2.24) is 10.3 Å². The van der Waals surface area contributed by atoms with Crippen molar-refractivity contribution < 1.29 is 4.79 Å². The van der Waals surface area contributed by atoms with E-state index in [1.165, 1.54) is 0 Å². The molecule has 1 amide bonds. The summed E-state index contributed by atoms with van der Waals surface area (Å²) < 4.78 is 0. The summed E-state index contributed by atoms with van der Waals surface area (Å²) >= 11 is 6.06. The number of carbonyl (C=O) groups excluding carboxylic acids is 1. The Morgan fingerprint density at radius 3 is 2.67 bits per heavy atom. The first kappa shape index (κ1) is 15.3. The Labute approximate surface area is 129 Å². The largest absolute Gasteiger partial charge is 0.368 e. The highest BCUT2D eigenvalue weighted by Gasteiger charge is 2.09. The molecule has 0 aliphatic rings. The van der Waals surface area contributed by atoms with Crippen LogP contribution in [0.1, 0.15) is 29.9 Å². The molecular weight excluding hydrogens is 286 g/mol. The molecule has 110 valence electrons. The maximum absolute atomic E-state index is 12.1. The van der Waals surface area contributed by atoms with Crippen LogP contribution in [0.15, 0.2) is 42.5 Å². The summed E-state index contributed by atoms with van der Waals surface area (Å²) in [6.45, 7) is 4.42. The molecule has 0 spiro atoms. The third-order valence-electron chi connectivity index (χ3n) is 2.82. The molecule has 2 aromatic rings. The Hall–Kier alpha value is -2.07. The molecule has 1 heterocycles. The van der Waals surface area contributed by atoms with Crippen LogP contribution in [0.4, 0.5) is 5.82 Å². The first-order chi connectivity index (χ1) is 10.1. The Morgan fingerprint density at radius 2 is 1.95 bits per heavy atom. The lowest BCUT2D eigenvalue weighted by Gasteiger charge is -2.10. The van der Waals surface area contributed by atoms with Crippen molar-refractivity contribution in [1.29, 1.82) is 0 Å². The average molecular weight is 304 g/mol. The second kappa shape index (κ2) is 7.09. The number of halogens is 1. The molecule has 5 heteroatoms. The highest BCUT2D eigenvalue weighted by Crippen LogP contribution is 2.14. The molecule has 0 radical (unpaired) electrons. The third-order valence-corrected chi connectivity index (χ3v) is 3.18. The number of amides is 1. The summed E-state index contributed by atoms with van der Waals surface area (Å²) in [4.78, 5) is 16.4. The van der Waals surface area contributed by atoms with Crippen molar-refractivity contribution in [2.75, 3.05) is 5.32 Å². The van der Waals surface area contributed by atoms with E-state index in [9.17, 15) is 4.79 Å². The van der Waals surface area contributed by atoms with Gasteiger partial charge in [-0.3, -0.25) is 4.79 Å². The van der Waals surface area contributed by atoms with E-state index in [1.54, 1.807) is 12.1 Å². The zero-order chi connectivity index (χ0) is 15.2. The van der Waals surface area contributed by atoms with Gasteiger partial charge in [0.1, 0.15) is 11.5 Å². The zero-order valence-corrected chi connectivity index (χ0v) is 12.8. The van der Waals surface area contributed by atoms with E-state index in [-0.39, 0.29) is 11.9 Å². The Morgan fingerprint density at radius 1 is 1.19 bits per heavy atom. The summed E-state index contributed by atoms with van der Waals surface area (Å²) in [5.41, 5.74) is 1.26. The number of hydrogen-bond donors (Lipinski definition) is 2. The summed E-state index contributed by atoms with van der Waals surface area (Å²) in [5, 5.41) is 6.63. The highest BCUT2D eigenvalue weighted by atomic mass is 35.5. The number of nitrogens with zero attached hydrogens (tertiary/aromatic N) is 1. The van der Waals surface area contributed by atoms with Crippen molar-refractivity contribution in [3.05, 3.63) is 58.7 Å². The van der Waals surface area contributed by atoms with Crippen molar-refractivity contribution in [3.8, 4) is 0 Å². The lowest BCUT2D eigenvalue weighted by atomic mass is 10.2. The number of carbonyl (C=O) groups is 1. The lowest BCUT2D eigenvalue weighted by Crippen LogP contribution is -2.24. The van der Waals surface area contributed by atoms with Gasteiger partial charge in [-0.15, -0.1) is 0 Å². The first-order valence-corrected chi connectivity index (χ1v) is 7.19. The van der Waals surface area contributed by atoms with Gasteiger partial charge in [-0.2, -0.15) is 0 Å². The summed E-state index contributed by atoms with van der Waals surface area (Å²) in [6.07, 6.45) is 0. The molecule has 0 unspecified atom stereocenters. The van der Waals surface area contributed by atoms with Gasteiger partial charge in [0.15, 0.2) is 0 Å². The van der Waals surface area contributed by atoms with Gasteiger partial charge in [0.2, 0.25) is 0 Å². The maximum Gasteiger partial charge on any atom is 0.270 e. The molecule has 2 rings (SSSR count). The molecule has 1 aromatic carbocycles. The third kappa shape index (κ3) is 4.46. The van der Waals surface area contributed by atoms with Gasteiger partial charge in [-0.1, -0.05) is 35.9 Å². The number of anilines is 1. The predicted molar refractivity (Wildman–Crippen MR) is 85.6 cm³/mol. The SMILES string of the molecule is CC(C)Nc1cccc(C(=O)NCc2ccccc2Cl)n1. The molecule has 0 bridgehead atoms. The van der Waals surface area contributed by atoms with Crippen LogP contribution in [0.25, 0.3) is 0 Å². The summed E-state index contributed by atoms with van der Waals surface area (Å²) in [7, 11) is 0. The quantitative estimate of drug-likeness (QED) is 0.889. The molecule has 0 saturated heterocycles. The van der Waals surface area contributed by atoms with Crippen molar-refractivity contribution in [2.24, 2.45) is 0 Å². The van der Waals surface area contributed by atoms with E-state index in [0.717, 1.165) is 5.56 Å². The van der Waals surface area contributed by atoms with Gasteiger partial charge in [0.05, 0.1) is 0 Å². The Bertz CT molecular complexity index is 628. The minimum atomic E-state index is -0.220. The van der Waals surface area contributed by atoms with Crippen LogP contribution in [0.2, 0.25) is 5.02 Å². The number of hydrogen-bond acceptors (Lipinski definition) is 3. The molecule has 0 aliphatic carbocycles. The molecule has 0 aliphatic heterocycles. The first-order valence-electron chi connectivity index (χ1n) is 6.81. The molecule has 1 aromatic heterocycles. The van der Waals surface area contributed by atoms with E-state index >= 15 is 0 Å². The van der Waals surface area contributed by atoms with Gasteiger partial charge in [-0.25, -0.2) is 4.98 Å². The standard InChI is InChI=1S/C16H18ClN3O/c1-11(2)19-15-9-5-8-14(20-15)16(21)18-10-12-6-3-4-7-13(12)17/h3-9,11H,10H2,1-2H3,(H,18,21)(H,19,20). The minimum Gasteiger partial charge on any atom is -0.368 e. The molecular formula is C16H18ClN3O. The van der Waals surface area contributed by atoms with E-state index in [1.807, 2.05) is 44.2 Å². The lowest BCUT2D eigenvalue weighted by molar-refractivity contribution is 0.0946. The second-order valence-electron chi connectivity index (χ2n) is 4.98. The zero-order valence-electron chi connectivity index (χ0n) is 12.1. The second-order valence-corrected chi connectivity index (χ2v) is 5.39. The van der Waals surface area contributed by atoms with Crippen LogP contribution in [-0.4, -0.2) is 16.9 Å². The predicted octanol–water partition coefficient (Wildman–Crippen LogP) is 3.49. The van der Waals surface area contributed by atoms with E-state index in [0.29, 0.717) is 23.1 Å². The highest BCUT2D eigenvalue weighted by molar-refractivity contribution is 6.31. The van der Waals surface area contributed by atoms with E-state index < -0.39 is 0 Å². The Kier molecular flexibility index (Phi) is 5.17. The molecule has 21 heavy (non-hydrogen) atoms. The summed E-state index contributed by atoms with van der Waals surface area (Å²) in [6, 6.07) is 13.0. The fourth-order valence-electron chi connectivity index (χ4n) is 1.85. The van der Waals surface area contributed by atoms with Gasteiger partial charge in [-0.05, 0) is 37.6 Å². The smallest absolute Gasteiger partial charge is 0.270 e. The molecule has 0 fully saturated rings. The molecule has 2 N–H and O–H groups in total. The molecule has 4 nitrogen and oxygen atoms in total. The fourth-order valence-corrected chi connectivity index (χ4v) is 2.05. The average Bonchev–Trinajstić information content (AvgIpc) is 2.45. The van der Waals surface area contributed by atoms with Gasteiger partial charge < -0.3 is 10.6 Å². The van der Waals surface area contributed by atoms with Crippen LogP contribution in [0.5, 0.6) is 0 Å².